The van der Waals surface area contributed by atoms with Gasteiger partial charge in [0.25, 0.3) is 5.91 Å². The largest absolute Gasteiger partial charge is 0.352 e. The zero-order valence-corrected chi connectivity index (χ0v) is 10.0. The molecule has 5 nitrogen and oxygen atoms in total. The molecule has 0 saturated heterocycles. The van der Waals surface area contributed by atoms with Crippen LogP contribution in [0.4, 0.5) is 0 Å². The first-order valence-corrected chi connectivity index (χ1v) is 5.67. The third kappa shape index (κ3) is 2.50. The third-order valence-electron chi connectivity index (χ3n) is 2.86. The number of aromatic nitrogens is 2. The molecular weight excluding hydrogens is 216 g/mol. The van der Waals surface area contributed by atoms with Crippen molar-refractivity contribution in [2.24, 2.45) is 5.92 Å². The van der Waals surface area contributed by atoms with Gasteiger partial charge in [0.05, 0.1) is 0 Å². The number of hydrogen-bond acceptors (Lipinski definition) is 4. The number of amides is 1. The molecule has 2 rings (SSSR count). The lowest BCUT2D eigenvalue weighted by molar-refractivity contribution is 0.0952. The van der Waals surface area contributed by atoms with Crippen LogP contribution in [0.5, 0.6) is 0 Å². The Kier molecular flexibility index (Phi) is 3.49. The molecule has 0 spiro atoms. The van der Waals surface area contributed by atoms with Gasteiger partial charge in [0.15, 0.2) is 0 Å². The predicted octanol–water partition coefficient (Wildman–Crippen LogP) is 0.459. The fourth-order valence-corrected chi connectivity index (χ4v) is 1.90. The summed E-state index contributed by atoms with van der Waals surface area (Å²) in [7, 11) is 1.57. The lowest BCUT2D eigenvalue weighted by Crippen LogP contribution is -2.27. The lowest BCUT2D eigenvalue weighted by Gasteiger charge is -2.21. The molecule has 0 bridgehead atoms. The van der Waals surface area contributed by atoms with E-state index in [4.69, 9.17) is 0 Å². The van der Waals surface area contributed by atoms with E-state index in [1.165, 1.54) is 5.57 Å². The molecule has 1 aliphatic rings. The Morgan fingerprint density at radius 1 is 1.47 bits per heavy atom. The Balaban J connectivity index is 2.23. The van der Waals surface area contributed by atoms with Crippen molar-refractivity contribution < 1.29 is 4.79 Å². The van der Waals surface area contributed by atoms with Crippen molar-refractivity contribution in [1.29, 1.82) is 0 Å². The van der Waals surface area contributed by atoms with Gasteiger partial charge in [-0.1, -0.05) is 13.0 Å². The second kappa shape index (κ2) is 5.05. The minimum Gasteiger partial charge on any atom is -0.352 e. The lowest BCUT2D eigenvalue weighted by atomic mass is 9.93. The van der Waals surface area contributed by atoms with Gasteiger partial charge in [-0.15, -0.1) is 0 Å². The molecule has 0 saturated carbocycles. The first-order valence-electron chi connectivity index (χ1n) is 5.67. The van der Waals surface area contributed by atoms with Crippen LogP contribution in [0.2, 0.25) is 0 Å². The molecule has 0 radical (unpaired) electrons. The molecule has 1 amide bonds. The van der Waals surface area contributed by atoms with E-state index in [1.807, 2.05) is 0 Å². The van der Waals surface area contributed by atoms with Crippen LogP contribution in [0, 0.1) is 5.92 Å². The van der Waals surface area contributed by atoms with Gasteiger partial charge >= 0.3 is 0 Å². The third-order valence-corrected chi connectivity index (χ3v) is 2.86. The van der Waals surface area contributed by atoms with Gasteiger partial charge in [-0.05, 0) is 11.5 Å². The van der Waals surface area contributed by atoms with Crippen LogP contribution in [0.25, 0.3) is 5.57 Å². The average Bonchev–Trinajstić information content (AvgIpc) is 2.39. The quantitative estimate of drug-likeness (QED) is 0.777. The van der Waals surface area contributed by atoms with E-state index in [9.17, 15) is 4.79 Å². The van der Waals surface area contributed by atoms with Crippen LogP contribution >= 0.6 is 0 Å². The number of carbonyl (C=O) groups excluding carboxylic acids is 1. The van der Waals surface area contributed by atoms with Gasteiger partial charge < -0.3 is 10.6 Å². The summed E-state index contributed by atoms with van der Waals surface area (Å²) in [6.07, 6.45) is 5.57. The Morgan fingerprint density at radius 3 is 2.76 bits per heavy atom. The topological polar surface area (TPSA) is 66.9 Å². The number of rotatable bonds is 2. The molecule has 2 heterocycles. The molecule has 0 aliphatic carbocycles. The van der Waals surface area contributed by atoms with Crippen LogP contribution in [-0.4, -0.2) is 36.0 Å². The second-order valence-corrected chi connectivity index (χ2v) is 4.09. The van der Waals surface area contributed by atoms with Gasteiger partial charge in [0.1, 0.15) is 0 Å². The maximum absolute atomic E-state index is 11.3. The summed E-state index contributed by atoms with van der Waals surface area (Å²) in [5.41, 5.74) is 2.24. The molecule has 90 valence electrons. The van der Waals surface area contributed by atoms with Crippen LogP contribution in [0.15, 0.2) is 18.5 Å². The molecule has 1 aliphatic heterocycles. The van der Waals surface area contributed by atoms with Crippen molar-refractivity contribution >= 4 is 11.5 Å². The Labute approximate surface area is 100 Å². The normalized spacial score (nSPS) is 19.6. The summed E-state index contributed by atoms with van der Waals surface area (Å²) in [5, 5.41) is 5.79. The zero-order valence-electron chi connectivity index (χ0n) is 10.0. The van der Waals surface area contributed by atoms with E-state index in [0.29, 0.717) is 5.92 Å². The summed E-state index contributed by atoms with van der Waals surface area (Å²) in [6.45, 7) is 3.99. The van der Waals surface area contributed by atoms with Crippen molar-refractivity contribution in [3.05, 3.63) is 29.9 Å². The second-order valence-electron chi connectivity index (χ2n) is 4.09. The smallest absolute Gasteiger partial charge is 0.288 e. The number of nitrogens with one attached hydrogen (secondary N) is 2. The Morgan fingerprint density at radius 2 is 2.18 bits per heavy atom. The van der Waals surface area contributed by atoms with E-state index in [0.717, 1.165) is 18.7 Å². The molecule has 0 aromatic carbocycles. The van der Waals surface area contributed by atoms with Gasteiger partial charge in [-0.2, -0.15) is 0 Å². The molecule has 1 atom stereocenters. The molecule has 1 aromatic heterocycles. The van der Waals surface area contributed by atoms with E-state index < -0.39 is 0 Å². The van der Waals surface area contributed by atoms with E-state index in [1.54, 1.807) is 19.4 Å². The highest BCUT2D eigenvalue weighted by Gasteiger charge is 2.15. The first kappa shape index (κ1) is 11.7. The van der Waals surface area contributed by atoms with Crippen LogP contribution in [0.3, 0.4) is 0 Å². The average molecular weight is 232 g/mol. The van der Waals surface area contributed by atoms with Gasteiger partial charge in [0, 0.05) is 38.1 Å². The molecule has 1 aromatic rings. The van der Waals surface area contributed by atoms with E-state index >= 15 is 0 Å². The minimum absolute atomic E-state index is 0.207. The number of hydrogen-bond donors (Lipinski definition) is 2. The van der Waals surface area contributed by atoms with Crippen molar-refractivity contribution in [1.82, 2.24) is 20.6 Å². The van der Waals surface area contributed by atoms with Crippen LogP contribution in [-0.2, 0) is 0 Å². The Hall–Kier alpha value is -1.75. The van der Waals surface area contributed by atoms with Crippen molar-refractivity contribution in [3.63, 3.8) is 0 Å². The molecule has 1 unspecified atom stereocenters. The fraction of sp³-hybridized carbons (Fsp3) is 0.417. The Bertz CT molecular complexity index is 438. The SMILES string of the molecule is CNC(=O)c1ncc(C2=CCNCC2C)cn1. The summed E-state index contributed by atoms with van der Waals surface area (Å²) >= 11 is 0. The standard InChI is InChI=1S/C12H16N4O/c1-8-5-14-4-3-10(8)9-6-15-11(16-7-9)12(17)13-2/h3,6-8,14H,4-5H2,1-2H3,(H,13,17). The summed E-state index contributed by atoms with van der Waals surface area (Å²) in [5.74, 6) is 0.389. The summed E-state index contributed by atoms with van der Waals surface area (Å²) < 4.78 is 0. The molecular formula is C12H16N4O. The van der Waals surface area contributed by atoms with Crippen molar-refractivity contribution in [3.8, 4) is 0 Å². The highest BCUT2D eigenvalue weighted by atomic mass is 16.2. The predicted molar refractivity (Wildman–Crippen MR) is 65.4 cm³/mol. The minimum atomic E-state index is -0.260. The van der Waals surface area contributed by atoms with E-state index in [2.05, 4.69) is 33.6 Å². The highest BCUT2D eigenvalue weighted by Crippen LogP contribution is 2.23. The maximum Gasteiger partial charge on any atom is 0.288 e. The summed E-state index contributed by atoms with van der Waals surface area (Å²) in [4.78, 5) is 19.5. The van der Waals surface area contributed by atoms with Gasteiger partial charge in [-0.25, -0.2) is 9.97 Å². The van der Waals surface area contributed by atoms with Crippen LogP contribution < -0.4 is 10.6 Å². The molecule has 5 heteroatoms. The fourth-order valence-electron chi connectivity index (χ4n) is 1.90. The van der Waals surface area contributed by atoms with Gasteiger partial charge in [0.2, 0.25) is 5.82 Å². The van der Waals surface area contributed by atoms with Crippen LogP contribution in [0.1, 0.15) is 23.1 Å². The van der Waals surface area contributed by atoms with E-state index in [-0.39, 0.29) is 11.7 Å². The highest BCUT2D eigenvalue weighted by molar-refractivity contribution is 5.90. The molecule has 2 N–H and O–H groups in total. The zero-order chi connectivity index (χ0) is 12.3. The van der Waals surface area contributed by atoms with Gasteiger partial charge in [-0.3, -0.25) is 4.79 Å². The number of nitrogens with zero attached hydrogens (tertiary/aromatic N) is 2. The maximum atomic E-state index is 11.3. The van der Waals surface area contributed by atoms with Crippen molar-refractivity contribution in [2.45, 2.75) is 6.92 Å². The molecule has 17 heavy (non-hydrogen) atoms. The first-order chi connectivity index (χ1) is 8.22. The summed E-state index contributed by atoms with van der Waals surface area (Å²) in [6, 6.07) is 0. The monoisotopic (exact) mass is 232 g/mol. The number of carbonyl (C=O) groups is 1. The molecule has 0 fully saturated rings. The van der Waals surface area contributed by atoms with Crippen molar-refractivity contribution in [2.75, 3.05) is 20.1 Å².